The van der Waals surface area contributed by atoms with Gasteiger partial charge in [0.05, 0.1) is 30.6 Å². The van der Waals surface area contributed by atoms with Crippen LogP contribution in [0.3, 0.4) is 0 Å². The van der Waals surface area contributed by atoms with Crippen LogP contribution in [0.4, 0.5) is 0 Å². The maximum Gasteiger partial charge on any atom is 0.212 e. The smallest absolute Gasteiger partial charge is 0.212 e. The quantitative estimate of drug-likeness (QED) is 0.431. The molecule has 0 spiro atoms. The number of carbonyl (C=O) groups is 1. The van der Waals surface area contributed by atoms with Crippen molar-refractivity contribution >= 4 is 23.9 Å². The highest BCUT2D eigenvalue weighted by atomic mass is 32.2. The molecule has 0 N–H and O–H groups in total. The van der Waals surface area contributed by atoms with Crippen molar-refractivity contribution in [2.75, 3.05) is 12.4 Å². The van der Waals surface area contributed by atoms with Gasteiger partial charge in [0.2, 0.25) is 5.16 Å². The van der Waals surface area contributed by atoms with Crippen molar-refractivity contribution in [1.82, 2.24) is 14.9 Å². The Morgan fingerprint density at radius 3 is 2.89 bits per heavy atom. The average Bonchev–Trinajstić information content (AvgIpc) is 3.25. The van der Waals surface area contributed by atoms with Gasteiger partial charge in [-0.2, -0.15) is 9.78 Å². The molecule has 0 fully saturated rings. The topological polar surface area (TPSA) is 106 Å². The van der Waals surface area contributed by atoms with Crippen molar-refractivity contribution in [3.8, 4) is 17.1 Å². The first-order valence-electron chi connectivity index (χ1n) is 8.18. The Bertz CT molecular complexity index is 964. The average molecular weight is 385 g/mol. The van der Waals surface area contributed by atoms with Crippen LogP contribution in [0.25, 0.3) is 11.4 Å². The Morgan fingerprint density at radius 2 is 2.19 bits per heavy atom. The molecule has 2 aromatic heterocycles. The fraction of sp³-hybridized carbons (Fsp3) is 0.222. The molecule has 3 aromatic rings. The van der Waals surface area contributed by atoms with Gasteiger partial charge in [-0.15, -0.1) is 10.2 Å². The summed E-state index contributed by atoms with van der Waals surface area (Å²) < 4.78 is 12.4. The van der Waals surface area contributed by atoms with Crippen LogP contribution < -0.4 is 9.84 Å². The Balaban J connectivity index is 2.00. The van der Waals surface area contributed by atoms with Gasteiger partial charge in [0.1, 0.15) is 11.5 Å². The minimum atomic E-state index is -1.19. The SMILES string of the molecule is CCOc1ccccc1/C=N\n1c(SCC(=O)[O-])nnc1-c1ccoc1C. The lowest BCUT2D eigenvalue weighted by Crippen LogP contribution is -2.24. The highest BCUT2D eigenvalue weighted by Gasteiger charge is 2.17. The number of carboxylic acid groups (broad SMARTS) is 1. The normalized spacial score (nSPS) is 11.2. The lowest BCUT2D eigenvalue weighted by Gasteiger charge is -2.07. The third-order valence-corrected chi connectivity index (χ3v) is 4.45. The second kappa shape index (κ2) is 8.54. The Hall–Kier alpha value is -3.07. The second-order valence-electron chi connectivity index (χ2n) is 5.38. The van der Waals surface area contributed by atoms with E-state index in [1.165, 1.54) is 4.68 Å². The molecule has 0 saturated heterocycles. The molecule has 8 nitrogen and oxygen atoms in total. The summed E-state index contributed by atoms with van der Waals surface area (Å²) in [5.41, 5.74) is 1.50. The summed E-state index contributed by atoms with van der Waals surface area (Å²) in [6, 6.07) is 9.23. The van der Waals surface area contributed by atoms with E-state index < -0.39 is 5.97 Å². The number of aliphatic carboxylic acids is 1. The molecule has 9 heteroatoms. The van der Waals surface area contributed by atoms with Crippen LogP contribution >= 0.6 is 11.8 Å². The van der Waals surface area contributed by atoms with Gasteiger partial charge in [-0.3, -0.25) is 0 Å². The predicted molar refractivity (Wildman–Crippen MR) is 98.8 cm³/mol. The van der Waals surface area contributed by atoms with Crippen molar-refractivity contribution in [2.45, 2.75) is 19.0 Å². The zero-order chi connectivity index (χ0) is 19.2. The number of furan rings is 1. The van der Waals surface area contributed by atoms with Gasteiger partial charge in [0.25, 0.3) is 0 Å². The Kier molecular flexibility index (Phi) is 5.92. The van der Waals surface area contributed by atoms with Crippen LogP contribution in [-0.4, -0.2) is 39.4 Å². The molecule has 0 aliphatic heterocycles. The minimum Gasteiger partial charge on any atom is -0.549 e. The molecule has 0 saturated carbocycles. The number of carboxylic acids is 1. The highest BCUT2D eigenvalue weighted by Crippen LogP contribution is 2.27. The number of aryl methyl sites for hydroxylation is 1. The van der Waals surface area contributed by atoms with Gasteiger partial charge in [0.15, 0.2) is 5.82 Å². The molecule has 2 heterocycles. The summed E-state index contributed by atoms with van der Waals surface area (Å²) in [7, 11) is 0. The minimum absolute atomic E-state index is 0.256. The van der Waals surface area contributed by atoms with E-state index >= 15 is 0 Å². The number of carbonyl (C=O) groups excluding carboxylic acids is 1. The molecule has 0 radical (unpaired) electrons. The van der Waals surface area contributed by atoms with Gasteiger partial charge in [-0.1, -0.05) is 23.9 Å². The van der Waals surface area contributed by atoms with Gasteiger partial charge in [-0.05, 0) is 32.0 Å². The number of nitrogens with zero attached hydrogens (tertiary/aromatic N) is 4. The van der Waals surface area contributed by atoms with Crippen LogP contribution in [0.2, 0.25) is 0 Å². The van der Waals surface area contributed by atoms with Crippen molar-refractivity contribution in [3.05, 3.63) is 47.9 Å². The Labute approximate surface area is 159 Å². The third kappa shape index (κ3) is 4.37. The van der Waals surface area contributed by atoms with Crippen molar-refractivity contribution in [1.29, 1.82) is 0 Å². The van der Waals surface area contributed by atoms with Crippen LogP contribution in [0, 0.1) is 6.92 Å². The van der Waals surface area contributed by atoms with Crippen LogP contribution in [0.15, 0.2) is 51.3 Å². The highest BCUT2D eigenvalue weighted by molar-refractivity contribution is 7.99. The fourth-order valence-electron chi connectivity index (χ4n) is 2.36. The maximum absolute atomic E-state index is 10.8. The van der Waals surface area contributed by atoms with E-state index in [-0.39, 0.29) is 5.75 Å². The number of ether oxygens (including phenoxy) is 1. The van der Waals surface area contributed by atoms with E-state index in [9.17, 15) is 9.90 Å². The fourth-order valence-corrected chi connectivity index (χ4v) is 2.96. The van der Waals surface area contributed by atoms with Crippen LogP contribution in [-0.2, 0) is 4.79 Å². The van der Waals surface area contributed by atoms with Crippen molar-refractivity contribution in [3.63, 3.8) is 0 Å². The first kappa shape index (κ1) is 18.7. The lowest BCUT2D eigenvalue weighted by molar-refractivity contribution is -0.301. The number of hydrogen-bond donors (Lipinski definition) is 0. The molecular weight excluding hydrogens is 368 g/mol. The summed E-state index contributed by atoms with van der Waals surface area (Å²) in [6.45, 7) is 4.24. The number of hydrogen-bond acceptors (Lipinski definition) is 8. The van der Waals surface area contributed by atoms with E-state index in [0.29, 0.717) is 29.1 Å². The number of aromatic nitrogens is 3. The second-order valence-corrected chi connectivity index (χ2v) is 6.33. The van der Waals surface area contributed by atoms with Crippen molar-refractivity contribution in [2.24, 2.45) is 5.10 Å². The summed E-state index contributed by atoms with van der Waals surface area (Å²) in [4.78, 5) is 10.8. The predicted octanol–water partition coefficient (Wildman–Crippen LogP) is 1.97. The largest absolute Gasteiger partial charge is 0.549 e. The molecule has 0 atom stereocenters. The Morgan fingerprint density at radius 1 is 1.37 bits per heavy atom. The monoisotopic (exact) mass is 385 g/mol. The number of thioether (sulfide) groups is 1. The zero-order valence-electron chi connectivity index (χ0n) is 14.8. The van der Waals surface area contributed by atoms with E-state index in [1.54, 1.807) is 25.5 Å². The standard InChI is InChI=1S/C18H18N4O4S/c1-3-25-15-7-5-4-6-13(15)10-19-22-17(14-8-9-26-12(14)2)20-21-18(22)27-11-16(23)24/h4-10H,3,11H2,1-2H3,(H,23,24)/p-1/b19-10-. The molecule has 0 bridgehead atoms. The zero-order valence-corrected chi connectivity index (χ0v) is 15.6. The molecule has 0 unspecified atom stereocenters. The summed E-state index contributed by atoms with van der Waals surface area (Å²) in [5.74, 6) is 0.355. The maximum atomic E-state index is 10.8. The van der Waals surface area contributed by atoms with E-state index in [1.807, 2.05) is 31.2 Å². The number of rotatable bonds is 8. The first-order chi connectivity index (χ1) is 13.1. The summed E-state index contributed by atoms with van der Waals surface area (Å²) >= 11 is 0.980. The molecule has 3 rings (SSSR count). The molecular formula is C18H17N4O4S-. The third-order valence-electron chi connectivity index (χ3n) is 3.56. The molecule has 27 heavy (non-hydrogen) atoms. The molecule has 140 valence electrons. The molecule has 0 aliphatic carbocycles. The summed E-state index contributed by atoms with van der Waals surface area (Å²) in [6.07, 6.45) is 3.17. The van der Waals surface area contributed by atoms with Gasteiger partial charge in [-0.25, -0.2) is 0 Å². The van der Waals surface area contributed by atoms with Crippen LogP contribution in [0.1, 0.15) is 18.2 Å². The number of benzene rings is 1. The molecule has 0 aliphatic rings. The van der Waals surface area contributed by atoms with E-state index in [2.05, 4.69) is 15.3 Å². The number of para-hydroxylation sites is 1. The summed E-state index contributed by atoms with van der Waals surface area (Å²) in [5, 5.41) is 23.8. The molecule has 1 aromatic carbocycles. The lowest BCUT2D eigenvalue weighted by atomic mass is 10.2. The van der Waals surface area contributed by atoms with Crippen LogP contribution in [0.5, 0.6) is 5.75 Å². The van der Waals surface area contributed by atoms with Gasteiger partial charge < -0.3 is 19.1 Å². The van der Waals surface area contributed by atoms with Crippen molar-refractivity contribution < 1.29 is 19.1 Å². The molecule has 0 amide bonds. The van der Waals surface area contributed by atoms with E-state index in [4.69, 9.17) is 9.15 Å². The van der Waals surface area contributed by atoms with Gasteiger partial charge in [0, 0.05) is 11.3 Å². The van der Waals surface area contributed by atoms with E-state index in [0.717, 1.165) is 22.9 Å². The first-order valence-corrected chi connectivity index (χ1v) is 9.17. The van der Waals surface area contributed by atoms with Gasteiger partial charge >= 0.3 is 0 Å².